The van der Waals surface area contributed by atoms with Crippen molar-refractivity contribution in [1.29, 1.82) is 0 Å². The molecule has 254 valence electrons. The molecule has 0 aliphatic carbocycles. The number of rotatable bonds is 26. The summed E-state index contributed by atoms with van der Waals surface area (Å²) in [5.74, 6) is -4.99. The molecule has 44 heavy (non-hydrogen) atoms. The van der Waals surface area contributed by atoms with E-state index in [2.05, 4.69) is 36.2 Å². The van der Waals surface area contributed by atoms with Crippen molar-refractivity contribution in [2.45, 2.75) is 149 Å². The van der Waals surface area contributed by atoms with Gasteiger partial charge in [0.2, 0.25) is 0 Å². The van der Waals surface area contributed by atoms with Gasteiger partial charge in [-0.1, -0.05) is 0 Å². The number of para-hydroxylation sites is 1. The maximum atomic E-state index is 15.4. The van der Waals surface area contributed by atoms with Crippen LogP contribution < -0.4 is 0 Å². The van der Waals surface area contributed by atoms with Crippen LogP contribution in [-0.4, -0.2) is 58.4 Å². The summed E-state index contributed by atoms with van der Waals surface area (Å²) < 4.78 is 65.5. The summed E-state index contributed by atoms with van der Waals surface area (Å²) in [4.78, 5) is 14.1. The van der Waals surface area contributed by atoms with Crippen molar-refractivity contribution in [3.05, 3.63) is 23.8 Å². The Morgan fingerprint density at radius 1 is 0.750 bits per heavy atom. The van der Waals surface area contributed by atoms with Crippen LogP contribution in [0.5, 0.6) is 0 Å². The van der Waals surface area contributed by atoms with Crippen molar-refractivity contribution < 1.29 is 26.9 Å². The van der Waals surface area contributed by atoms with Crippen LogP contribution in [0.25, 0.3) is 11.0 Å². The van der Waals surface area contributed by atoms with E-state index in [0.717, 1.165) is 96.3 Å². The molecule has 1 N–H and O–H groups in total. The van der Waals surface area contributed by atoms with Crippen molar-refractivity contribution in [2.24, 2.45) is 0 Å². The quantitative estimate of drug-likeness (QED) is 0.0627. The monoisotopic (exact) mass is 647 g/mol. The minimum atomic E-state index is -4.25. The summed E-state index contributed by atoms with van der Waals surface area (Å²) in [6, 6.07) is 4.91. The number of hydrogen-bond acceptors (Lipinski definition) is 4. The third-order valence-corrected chi connectivity index (χ3v) is 15.3. The third kappa shape index (κ3) is 12.2. The first kappa shape index (κ1) is 38.4. The van der Waals surface area contributed by atoms with Crippen LogP contribution in [0.2, 0.25) is 0 Å². The fraction of sp³-hybridized carbons (Fsp3) is 0.794. The molecule has 5 nitrogen and oxygen atoms in total. The number of aromatic nitrogens is 3. The molecule has 2 rings (SSSR count). The van der Waals surface area contributed by atoms with E-state index in [1.165, 1.54) is 0 Å². The Bertz CT molecular complexity index is 1040. The number of hydrogen-bond donors (Lipinski definition) is 1. The number of aromatic amines is 1. The van der Waals surface area contributed by atoms with Gasteiger partial charge in [-0.2, -0.15) is 0 Å². The number of nitrogens with zero attached hydrogens (tertiary/aromatic N) is 2. The van der Waals surface area contributed by atoms with Gasteiger partial charge in [0, 0.05) is 0 Å². The molecule has 2 aromatic rings. The van der Waals surface area contributed by atoms with Gasteiger partial charge in [-0.15, -0.1) is 0 Å². The van der Waals surface area contributed by atoms with Crippen molar-refractivity contribution in [3.8, 4) is 0 Å². The fourth-order valence-electron chi connectivity index (χ4n) is 6.54. The van der Waals surface area contributed by atoms with Gasteiger partial charge in [-0.3, -0.25) is 0 Å². The Hall–Kier alpha value is -1.76. The molecule has 1 aromatic heterocycles. The van der Waals surface area contributed by atoms with Crippen LogP contribution in [0.3, 0.4) is 0 Å². The number of carbonyl (C=O) groups excluding carboxylic acids is 1. The number of benzene rings is 1. The van der Waals surface area contributed by atoms with Crippen LogP contribution in [0.1, 0.15) is 147 Å². The normalized spacial score (nSPS) is 13.4. The molecule has 0 atom stereocenters. The molecule has 0 aliphatic rings. The van der Waals surface area contributed by atoms with Crippen LogP contribution in [-0.2, 0) is 4.52 Å². The second-order valence-corrected chi connectivity index (χ2v) is 18.5. The number of unbranched alkanes of at least 4 members (excludes halogenated alkanes) is 15. The number of H-pyrrole nitrogens is 1. The summed E-state index contributed by atoms with van der Waals surface area (Å²) in [6.07, 6.45) is 12.7. The van der Waals surface area contributed by atoms with E-state index in [0.29, 0.717) is 30.3 Å². The zero-order valence-electron chi connectivity index (χ0n) is 27.5. The minimum absolute atomic E-state index is 0.138. The van der Waals surface area contributed by atoms with Crippen LogP contribution in [0, 0.1) is 0 Å². The van der Waals surface area contributed by atoms with Crippen molar-refractivity contribution in [2.75, 3.05) is 24.6 Å². The average molecular weight is 648 g/mol. The molecule has 0 amide bonds. The topological polar surface area (TPSA) is 67.9 Å². The second kappa shape index (κ2) is 19.7. The molecule has 0 spiro atoms. The first-order valence-electron chi connectivity index (χ1n) is 17.3. The molecule has 0 bridgehead atoms. The van der Waals surface area contributed by atoms with Gasteiger partial charge in [0.05, 0.1) is 0 Å². The number of fused-ring (bicyclic) bond motifs is 1. The second-order valence-electron chi connectivity index (χ2n) is 12.9. The molecule has 0 radical (unpaired) electrons. The van der Waals surface area contributed by atoms with Gasteiger partial charge in [-0.25, -0.2) is 0 Å². The molecule has 0 fully saturated rings. The zero-order valence-corrected chi connectivity index (χ0v) is 28.4. The van der Waals surface area contributed by atoms with E-state index < -0.39 is 31.3 Å². The number of alkyl halides is 4. The van der Waals surface area contributed by atoms with Crippen molar-refractivity contribution in [3.63, 3.8) is 0 Å². The summed E-state index contributed by atoms with van der Waals surface area (Å²) in [6.45, 7) is 2.18. The first-order chi connectivity index (χ1) is 21.1. The molecule has 0 saturated heterocycles. The third-order valence-electron chi connectivity index (χ3n) is 9.07. The standard InChI is InChI=1S/C34H58F4N3O2P/c1-4-7-10-13-16-19-25-44(28-34(37,38)33(35)36,26-20-17-14-11-8-5-2,27-21-18-15-12-9-6-3)43-32(42)29-23-22-24-30-31(29)40-41-39-30/h22-24,33H,4-21,25-28H2,1-3H3,(H,39,40,41). The van der Waals surface area contributed by atoms with Gasteiger partial charge >= 0.3 is 263 Å². The van der Waals surface area contributed by atoms with E-state index in [1.807, 2.05) is 0 Å². The van der Waals surface area contributed by atoms with Crippen molar-refractivity contribution in [1.82, 2.24) is 15.4 Å². The Kier molecular flexibility index (Phi) is 17.2. The fourth-order valence-corrected chi connectivity index (χ4v) is 12.9. The van der Waals surface area contributed by atoms with Gasteiger partial charge in [0.1, 0.15) is 0 Å². The molecule has 0 aliphatic heterocycles. The van der Waals surface area contributed by atoms with E-state index in [9.17, 15) is 13.6 Å². The molecular weight excluding hydrogens is 589 g/mol. The Morgan fingerprint density at radius 2 is 1.20 bits per heavy atom. The Balaban J connectivity index is 2.54. The molecule has 0 unspecified atom stereocenters. The van der Waals surface area contributed by atoms with E-state index in [4.69, 9.17) is 4.52 Å². The molecule has 1 heterocycles. The number of nitrogens with one attached hydrogen (secondary N) is 1. The van der Waals surface area contributed by atoms with Crippen LogP contribution in [0.15, 0.2) is 18.2 Å². The Morgan fingerprint density at radius 3 is 1.66 bits per heavy atom. The average Bonchev–Trinajstić information content (AvgIpc) is 3.48. The van der Waals surface area contributed by atoms with E-state index in [1.54, 1.807) is 18.2 Å². The predicted octanol–water partition coefficient (Wildman–Crippen LogP) is 11.6. The summed E-state index contributed by atoms with van der Waals surface area (Å²) >= 11 is 0. The summed E-state index contributed by atoms with van der Waals surface area (Å²) in [7, 11) is 0. The van der Waals surface area contributed by atoms with Gasteiger partial charge in [-0.05, 0) is 0 Å². The summed E-state index contributed by atoms with van der Waals surface area (Å²) in [5.41, 5.74) is 0.897. The van der Waals surface area contributed by atoms with E-state index in [-0.39, 0.29) is 24.0 Å². The Labute approximate surface area is 263 Å². The zero-order chi connectivity index (χ0) is 32.3. The predicted molar refractivity (Wildman–Crippen MR) is 177 cm³/mol. The van der Waals surface area contributed by atoms with Gasteiger partial charge in [0.15, 0.2) is 0 Å². The van der Waals surface area contributed by atoms with Gasteiger partial charge in [0.25, 0.3) is 0 Å². The van der Waals surface area contributed by atoms with Crippen LogP contribution in [0.4, 0.5) is 17.6 Å². The molecule has 10 heteroatoms. The van der Waals surface area contributed by atoms with Crippen molar-refractivity contribution >= 4 is 23.8 Å². The SMILES string of the molecule is CCCCCCCCP(CCCCCCCC)(CCCCCCCC)(CC(F)(F)C(F)F)OC(=O)c1cccc2n[nH]nc12. The first-order valence-corrected chi connectivity index (χ1v) is 20.2. The maximum absolute atomic E-state index is 15.4. The number of halogens is 4. The molecular formula is C34H58F4N3O2P. The molecule has 0 saturated carbocycles. The summed E-state index contributed by atoms with van der Waals surface area (Å²) in [5, 5.41) is 10.7. The van der Waals surface area contributed by atoms with Gasteiger partial charge < -0.3 is 0 Å². The van der Waals surface area contributed by atoms with Crippen LogP contribution >= 0.6 is 6.83 Å². The van der Waals surface area contributed by atoms with E-state index >= 15 is 8.78 Å². The number of carbonyl (C=O) groups is 1. The molecule has 1 aromatic carbocycles.